The van der Waals surface area contributed by atoms with Crippen molar-refractivity contribution in [2.45, 2.75) is 39.7 Å². The summed E-state index contributed by atoms with van der Waals surface area (Å²) < 4.78 is 8.02. The van der Waals surface area contributed by atoms with Gasteiger partial charge in [-0.2, -0.15) is 0 Å². The van der Waals surface area contributed by atoms with Gasteiger partial charge in [0, 0.05) is 28.9 Å². The normalized spacial score (nSPS) is 15.6. The van der Waals surface area contributed by atoms with Gasteiger partial charge in [-0.25, -0.2) is 0 Å². The molecule has 0 bridgehead atoms. The fourth-order valence-corrected chi connectivity index (χ4v) is 4.47. The number of carbonyl (C=O) groups is 1. The first-order valence-corrected chi connectivity index (χ1v) is 10.7. The van der Waals surface area contributed by atoms with Crippen LogP contribution in [0.4, 0.5) is 0 Å². The van der Waals surface area contributed by atoms with E-state index >= 15 is 0 Å². The summed E-state index contributed by atoms with van der Waals surface area (Å²) in [4.78, 5) is 14.7. The van der Waals surface area contributed by atoms with Crippen molar-refractivity contribution in [3.05, 3.63) is 59.3 Å². The van der Waals surface area contributed by atoms with Gasteiger partial charge in [-0.05, 0) is 77.0 Å². The van der Waals surface area contributed by atoms with Crippen LogP contribution in [0.5, 0.6) is 5.75 Å². The van der Waals surface area contributed by atoms with Crippen LogP contribution in [-0.2, 0) is 0 Å². The third-order valence-electron chi connectivity index (χ3n) is 5.93. The van der Waals surface area contributed by atoms with Crippen molar-refractivity contribution in [1.29, 1.82) is 0 Å². The number of aromatic nitrogens is 1. The fourth-order valence-electron chi connectivity index (χ4n) is 4.47. The third-order valence-corrected chi connectivity index (χ3v) is 5.93. The van der Waals surface area contributed by atoms with E-state index in [2.05, 4.69) is 40.7 Å². The average Bonchev–Trinajstić information content (AvgIpc) is 3.32. The molecule has 0 radical (unpaired) electrons. The van der Waals surface area contributed by atoms with E-state index in [1.807, 2.05) is 25.1 Å². The lowest BCUT2D eigenvalue weighted by Crippen LogP contribution is -2.33. The summed E-state index contributed by atoms with van der Waals surface area (Å²) in [6.07, 6.45) is 1.88. The van der Waals surface area contributed by atoms with E-state index in [4.69, 9.17) is 4.74 Å². The van der Waals surface area contributed by atoms with Crippen molar-refractivity contribution < 1.29 is 14.6 Å². The van der Waals surface area contributed by atoms with E-state index in [9.17, 15) is 9.90 Å². The van der Waals surface area contributed by atoms with E-state index < -0.39 is 6.10 Å². The second-order valence-corrected chi connectivity index (χ2v) is 8.34. The zero-order chi connectivity index (χ0) is 21.3. The quantitative estimate of drug-likeness (QED) is 0.595. The Hall–Kier alpha value is -2.63. The number of benzene rings is 2. The van der Waals surface area contributed by atoms with Crippen LogP contribution in [0.1, 0.15) is 41.4 Å². The molecule has 5 heteroatoms. The number of ketones is 1. The van der Waals surface area contributed by atoms with Crippen molar-refractivity contribution in [2.75, 3.05) is 26.2 Å². The summed E-state index contributed by atoms with van der Waals surface area (Å²) >= 11 is 0. The van der Waals surface area contributed by atoms with Crippen LogP contribution in [0.2, 0.25) is 0 Å². The molecule has 4 rings (SSSR count). The standard InChI is InChI=1S/C25H30N2O3/c1-17-6-8-20(9-7-17)27-18(2)25(19(3)28)23-14-22(10-11-24(23)27)30-16-21(29)15-26-12-4-5-13-26/h6-11,14,21,29H,4-5,12-13,15-16H2,1-3H3. The molecule has 1 saturated heterocycles. The largest absolute Gasteiger partial charge is 0.491 e. The van der Waals surface area contributed by atoms with Crippen LogP contribution < -0.4 is 4.74 Å². The Labute approximate surface area is 177 Å². The second kappa shape index (κ2) is 8.62. The highest BCUT2D eigenvalue weighted by atomic mass is 16.5. The van der Waals surface area contributed by atoms with E-state index in [1.165, 1.54) is 18.4 Å². The van der Waals surface area contributed by atoms with Crippen molar-refractivity contribution >= 4 is 16.7 Å². The highest BCUT2D eigenvalue weighted by Crippen LogP contribution is 2.32. The fraction of sp³-hybridized carbons (Fsp3) is 0.400. The van der Waals surface area contributed by atoms with Crippen LogP contribution in [0.3, 0.4) is 0 Å². The molecule has 30 heavy (non-hydrogen) atoms. The molecular formula is C25H30N2O3. The monoisotopic (exact) mass is 406 g/mol. The number of ether oxygens (including phenoxy) is 1. The van der Waals surface area contributed by atoms with Gasteiger partial charge in [-0.15, -0.1) is 0 Å². The first kappa shape index (κ1) is 20.6. The molecule has 3 aromatic rings. The summed E-state index contributed by atoms with van der Waals surface area (Å²) in [5.41, 5.74) is 4.85. The molecule has 0 spiro atoms. The maximum Gasteiger partial charge on any atom is 0.162 e. The van der Waals surface area contributed by atoms with E-state index in [1.54, 1.807) is 6.92 Å². The van der Waals surface area contributed by atoms with E-state index in [-0.39, 0.29) is 12.4 Å². The number of rotatable bonds is 7. The van der Waals surface area contributed by atoms with Gasteiger partial charge in [0.15, 0.2) is 5.78 Å². The van der Waals surface area contributed by atoms with Crippen LogP contribution in [0.15, 0.2) is 42.5 Å². The van der Waals surface area contributed by atoms with Crippen molar-refractivity contribution in [2.24, 2.45) is 0 Å². The zero-order valence-electron chi connectivity index (χ0n) is 18.0. The molecule has 1 atom stereocenters. The molecule has 0 aliphatic carbocycles. The summed E-state index contributed by atoms with van der Waals surface area (Å²) in [6.45, 7) is 8.64. The molecule has 158 valence electrons. The molecule has 1 aromatic heterocycles. The highest BCUT2D eigenvalue weighted by Gasteiger charge is 2.20. The van der Waals surface area contributed by atoms with E-state index in [0.29, 0.717) is 17.9 Å². The van der Waals surface area contributed by atoms with E-state index in [0.717, 1.165) is 35.4 Å². The molecule has 1 unspecified atom stereocenters. The molecule has 1 aliphatic heterocycles. The molecule has 0 saturated carbocycles. The number of β-amino-alcohol motifs (C(OH)–C–C–N with tert-alkyl or cyclic N) is 1. The first-order valence-electron chi connectivity index (χ1n) is 10.7. The lowest BCUT2D eigenvalue weighted by molar-refractivity contribution is 0.0759. The third kappa shape index (κ3) is 4.13. The summed E-state index contributed by atoms with van der Waals surface area (Å²) in [5.74, 6) is 0.709. The summed E-state index contributed by atoms with van der Waals surface area (Å²) in [6, 6.07) is 14.1. The Bertz CT molecular complexity index is 1050. The lowest BCUT2D eigenvalue weighted by atomic mass is 10.1. The first-order chi connectivity index (χ1) is 14.4. The SMILES string of the molecule is CC(=O)c1c(C)n(-c2ccc(C)cc2)c2ccc(OCC(O)CN3CCCC3)cc12. The Balaban J connectivity index is 1.62. The van der Waals surface area contributed by atoms with Crippen molar-refractivity contribution in [1.82, 2.24) is 9.47 Å². The van der Waals surface area contributed by atoms with Gasteiger partial charge in [0.1, 0.15) is 18.5 Å². The molecule has 1 aliphatic rings. The van der Waals surface area contributed by atoms with Crippen LogP contribution in [-0.4, -0.2) is 52.7 Å². The number of likely N-dealkylation sites (tertiary alicyclic amines) is 1. The molecule has 2 heterocycles. The lowest BCUT2D eigenvalue weighted by Gasteiger charge is -2.19. The average molecular weight is 407 g/mol. The second-order valence-electron chi connectivity index (χ2n) is 8.34. The topological polar surface area (TPSA) is 54.7 Å². The number of fused-ring (bicyclic) bond motifs is 1. The smallest absolute Gasteiger partial charge is 0.162 e. The minimum Gasteiger partial charge on any atom is -0.491 e. The number of nitrogens with zero attached hydrogens (tertiary/aromatic N) is 2. The van der Waals surface area contributed by atoms with Gasteiger partial charge in [0.05, 0.1) is 5.52 Å². The molecule has 1 fully saturated rings. The number of hydrogen-bond donors (Lipinski definition) is 1. The number of aryl methyl sites for hydroxylation is 1. The molecule has 2 aromatic carbocycles. The predicted octanol–water partition coefficient (Wildman–Crippen LogP) is 4.29. The molecule has 5 nitrogen and oxygen atoms in total. The van der Waals surface area contributed by atoms with Gasteiger partial charge in [-0.1, -0.05) is 17.7 Å². The van der Waals surface area contributed by atoms with Gasteiger partial charge in [-0.3, -0.25) is 4.79 Å². The summed E-state index contributed by atoms with van der Waals surface area (Å²) in [7, 11) is 0. The minimum absolute atomic E-state index is 0.0366. The zero-order valence-corrected chi connectivity index (χ0v) is 18.0. The van der Waals surface area contributed by atoms with Crippen LogP contribution >= 0.6 is 0 Å². The highest BCUT2D eigenvalue weighted by molar-refractivity contribution is 6.09. The predicted molar refractivity (Wildman–Crippen MR) is 120 cm³/mol. The summed E-state index contributed by atoms with van der Waals surface area (Å²) in [5, 5.41) is 11.2. The Kier molecular flexibility index (Phi) is 5.93. The van der Waals surface area contributed by atoms with Crippen molar-refractivity contribution in [3.63, 3.8) is 0 Å². The molecule has 1 N–H and O–H groups in total. The number of hydrogen-bond acceptors (Lipinski definition) is 4. The van der Waals surface area contributed by atoms with Crippen LogP contribution in [0.25, 0.3) is 16.6 Å². The van der Waals surface area contributed by atoms with Crippen LogP contribution in [0, 0.1) is 13.8 Å². The Morgan fingerprint density at radius 3 is 2.47 bits per heavy atom. The number of Topliss-reactive ketones (excluding diaryl/α,β-unsaturated/α-hetero) is 1. The number of carbonyl (C=O) groups excluding carboxylic acids is 1. The molecule has 0 amide bonds. The molecular weight excluding hydrogens is 376 g/mol. The van der Waals surface area contributed by atoms with Gasteiger partial charge in [0.2, 0.25) is 0 Å². The van der Waals surface area contributed by atoms with Gasteiger partial charge in [0.25, 0.3) is 0 Å². The van der Waals surface area contributed by atoms with Crippen molar-refractivity contribution in [3.8, 4) is 11.4 Å². The maximum atomic E-state index is 12.5. The number of aliphatic hydroxyl groups is 1. The van der Waals surface area contributed by atoms with Gasteiger partial charge < -0.3 is 19.3 Å². The Morgan fingerprint density at radius 1 is 1.10 bits per heavy atom. The maximum absolute atomic E-state index is 12.5. The number of aliphatic hydroxyl groups excluding tert-OH is 1. The minimum atomic E-state index is -0.523. The van der Waals surface area contributed by atoms with Gasteiger partial charge >= 0.3 is 0 Å². The Morgan fingerprint density at radius 2 is 1.80 bits per heavy atom.